The van der Waals surface area contributed by atoms with E-state index in [0.717, 1.165) is 28.2 Å². The van der Waals surface area contributed by atoms with Crippen molar-refractivity contribution in [1.29, 1.82) is 0 Å². The Morgan fingerprint density at radius 1 is 1.19 bits per heavy atom. The maximum absolute atomic E-state index is 6.63. The molecule has 0 radical (unpaired) electrons. The first-order chi connectivity index (χ1) is 12.9. The molecule has 1 aliphatic carbocycles. The van der Waals surface area contributed by atoms with Crippen molar-refractivity contribution in [2.45, 2.75) is 59.0 Å². The van der Waals surface area contributed by atoms with Gasteiger partial charge in [-0.05, 0) is 78.5 Å². The number of halogens is 1. The first-order valence-corrected chi connectivity index (χ1v) is 10.2. The van der Waals surface area contributed by atoms with E-state index >= 15 is 0 Å². The van der Waals surface area contributed by atoms with Crippen LogP contribution in [0.5, 0.6) is 0 Å². The van der Waals surface area contributed by atoms with Gasteiger partial charge in [-0.15, -0.1) is 0 Å². The van der Waals surface area contributed by atoms with Crippen LogP contribution in [0.2, 0.25) is 5.02 Å². The predicted octanol–water partition coefficient (Wildman–Crippen LogP) is 6.25. The van der Waals surface area contributed by atoms with Crippen LogP contribution in [0.3, 0.4) is 0 Å². The predicted molar refractivity (Wildman–Crippen MR) is 114 cm³/mol. The van der Waals surface area contributed by atoms with Gasteiger partial charge in [0.15, 0.2) is 0 Å². The molecule has 1 aromatic heterocycles. The maximum Gasteiger partial charge on any atom is 0.0931 e. The summed E-state index contributed by atoms with van der Waals surface area (Å²) in [7, 11) is 0. The van der Waals surface area contributed by atoms with Crippen LogP contribution in [0.25, 0.3) is 22.2 Å². The molecule has 0 bridgehead atoms. The first kappa shape index (κ1) is 18.5. The number of hydrogen-bond acceptors (Lipinski definition) is 2. The van der Waals surface area contributed by atoms with E-state index in [1.54, 1.807) is 6.33 Å². The van der Waals surface area contributed by atoms with E-state index in [-0.39, 0.29) is 0 Å². The van der Waals surface area contributed by atoms with Crippen molar-refractivity contribution in [3.05, 3.63) is 52.8 Å². The third-order valence-corrected chi connectivity index (χ3v) is 6.40. The van der Waals surface area contributed by atoms with Gasteiger partial charge in [0, 0.05) is 17.6 Å². The minimum Gasteiger partial charge on any atom is -0.345 e. The molecule has 1 saturated carbocycles. The number of hydrogen-bond donors (Lipinski definition) is 2. The highest BCUT2D eigenvalue weighted by Gasteiger charge is 2.26. The molecule has 27 heavy (non-hydrogen) atoms. The Hall–Kier alpha value is -1.84. The summed E-state index contributed by atoms with van der Waals surface area (Å²) in [6, 6.07) is 11.3. The third kappa shape index (κ3) is 4.04. The summed E-state index contributed by atoms with van der Waals surface area (Å²) in [5.74, 6) is 0. The molecule has 2 N–H and O–H groups in total. The smallest absolute Gasteiger partial charge is 0.0931 e. The molecule has 1 fully saturated rings. The van der Waals surface area contributed by atoms with Crippen LogP contribution < -0.4 is 5.32 Å². The number of fused-ring (bicyclic) bond motifs is 1. The Morgan fingerprint density at radius 3 is 2.70 bits per heavy atom. The van der Waals surface area contributed by atoms with Crippen LogP contribution in [-0.2, 0) is 6.54 Å². The van der Waals surface area contributed by atoms with E-state index in [4.69, 9.17) is 11.6 Å². The molecule has 4 rings (SSSR count). The van der Waals surface area contributed by atoms with Crippen molar-refractivity contribution in [3.8, 4) is 11.1 Å². The lowest BCUT2D eigenvalue weighted by molar-refractivity contribution is 0.206. The highest BCUT2D eigenvalue weighted by molar-refractivity contribution is 6.31. The van der Waals surface area contributed by atoms with Crippen LogP contribution in [-0.4, -0.2) is 16.0 Å². The van der Waals surface area contributed by atoms with Gasteiger partial charge in [-0.25, -0.2) is 4.98 Å². The van der Waals surface area contributed by atoms with Gasteiger partial charge in [0.2, 0.25) is 0 Å². The molecule has 3 nitrogen and oxygen atoms in total. The number of H-pyrrole nitrogens is 1. The number of aromatic amines is 1. The van der Waals surface area contributed by atoms with Crippen LogP contribution in [0.1, 0.15) is 50.7 Å². The van der Waals surface area contributed by atoms with Gasteiger partial charge in [0.1, 0.15) is 0 Å². The first-order valence-electron chi connectivity index (χ1n) is 9.87. The lowest BCUT2D eigenvalue weighted by atomic mass is 9.75. The number of aryl methyl sites for hydroxylation is 1. The van der Waals surface area contributed by atoms with Gasteiger partial charge in [0.25, 0.3) is 0 Å². The molecular weight excluding hydrogens is 354 g/mol. The fourth-order valence-corrected chi connectivity index (χ4v) is 4.36. The minimum absolute atomic E-state index is 0.505. The Morgan fingerprint density at radius 2 is 1.96 bits per heavy atom. The van der Waals surface area contributed by atoms with Crippen molar-refractivity contribution in [2.75, 3.05) is 0 Å². The number of benzene rings is 2. The summed E-state index contributed by atoms with van der Waals surface area (Å²) >= 11 is 6.63. The van der Waals surface area contributed by atoms with Gasteiger partial charge < -0.3 is 10.3 Å². The van der Waals surface area contributed by atoms with Gasteiger partial charge >= 0.3 is 0 Å². The van der Waals surface area contributed by atoms with Gasteiger partial charge in [-0.2, -0.15) is 0 Å². The standard InChI is InChI=1S/C23H28ClN3/c1-15-10-21-22(27-14-26-21)12-19(15)16-4-5-17(20(24)11-16)13-25-18-6-8-23(2,3)9-7-18/h4-5,10-12,14,18,25H,6-9,13H2,1-3H3,(H,26,27). The van der Waals surface area contributed by atoms with Crippen LogP contribution in [0.15, 0.2) is 36.7 Å². The number of aromatic nitrogens is 2. The van der Waals surface area contributed by atoms with Crippen molar-refractivity contribution >= 4 is 22.6 Å². The highest BCUT2D eigenvalue weighted by atomic mass is 35.5. The Kier molecular flexibility index (Phi) is 5.00. The molecule has 0 saturated heterocycles. The molecule has 0 spiro atoms. The molecule has 142 valence electrons. The largest absolute Gasteiger partial charge is 0.345 e. The Balaban J connectivity index is 1.48. The number of imidazole rings is 1. The molecular formula is C23H28ClN3. The molecule has 2 aromatic carbocycles. The average molecular weight is 382 g/mol. The Labute approximate surface area is 166 Å². The van der Waals surface area contributed by atoms with E-state index in [0.29, 0.717) is 11.5 Å². The van der Waals surface area contributed by atoms with Gasteiger partial charge in [-0.1, -0.05) is 37.6 Å². The van der Waals surface area contributed by atoms with Crippen molar-refractivity contribution in [3.63, 3.8) is 0 Å². The summed E-state index contributed by atoms with van der Waals surface area (Å²) in [6.45, 7) is 7.72. The number of nitrogens with zero attached hydrogens (tertiary/aromatic N) is 1. The summed E-state index contributed by atoms with van der Waals surface area (Å²) in [5.41, 5.74) is 7.28. The lowest BCUT2D eigenvalue weighted by Gasteiger charge is -2.34. The monoisotopic (exact) mass is 381 g/mol. The van der Waals surface area contributed by atoms with E-state index < -0.39 is 0 Å². The van der Waals surface area contributed by atoms with Crippen molar-refractivity contribution in [2.24, 2.45) is 5.41 Å². The molecule has 0 unspecified atom stereocenters. The van der Waals surface area contributed by atoms with Crippen LogP contribution >= 0.6 is 11.6 Å². The summed E-state index contributed by atoms with van der Waals surface area (Å²) in [5, 5.41) is 4.54. The van der Waals surface area contributed by atoms with Gasteiger partial charge in [-0.3, -0.25) is 0 Å². The number of rotatable bonds is 4. The molecule has 1 aliphatic rings. The molecule has 0 aliphatic heterocycles. The van der Waals surface area contributed by atoms with Crippen LogP contribution in [0, 0.1) is 12.3 Å². The zero-order valence-electron chi connectivity index (χ0n) is 16.4. The fourth-order valence-electron chi connectivity index (χ4n) is 4.12. The number of nitrogens with one attached hydrogen (secondary N) is 2. The van der Waals surface area contributed by atoms with Crippen molar-refractivity contribution < 1.29 is 0 Å². The second kappa shape index (κ2) is 7.29. The van der Waals surface area contributed by atoms with Crippen LogP contribution in [0.4, 0.5) is 0 Å². The third-order valence-electron chi connectivity index (χ3n) is 6.05. The summed E-state index contributed by atoms with van der Waals surface area (Å²) in [6.07, 6.45) is 6.84. The van der Waals surface area contributed by atoms with E-state index in [1.807, 2.05) is 0 Å². The molecule has 0 amide bonds. The zero-order valence-corrected chi connectivity index (χ0v) is 17.2. The average Bonchev–Trinajstić information content (AvgIpc) is 3.08. The van der Waals surface area contributed by atoms with E-state index in [9.17, 15) is 0 Å². The normalized spacial score (nSPS) is 17.5. The van der Waals surface area contributed by atoms with E-state index in [1.165, 1.54) is 42.4 Å². The highest BCUT2D eigenvalue weighted by Crippen LogP contribution is 2.35. The molecule has 3 aromatic rings. The molecule has 4 heteroatoms. The Bertz CT molecular complexity index is 947. The zero-order chi connectivity index (χ0) is 19.0. The van der Waals surface area contributed by atoms with E-state index in [2.05, 4.69) is 66.4 Å². The topological polar surface area (TPSA) is 40.7 Å². The maximum atomic E-state index is 6.63. The lowest BCUT2D eigenvalue weighted by Crippen LogP contribution is -2.35. The minimum atomic E-state index is 0.505. The second-order valence-electron chi connectivity index (χ2n) is 8.71. The summed E-state index contributed by atoms with van der Waals surface area (Å²) < 4.78 is 0. The molecule has 1 heterocycles. The quantitative estimate of drug-likeness (QED) is 0.560. The fraction of sp³-hybridized carbons (Fsp3) is 0.435. The van der Waals surface area contributed by atoms with Gasteiger partial charge in [0.05, 0.1) is 17.4 Å². The molecule has 0 atom stereocenters. The van der Waals surface area contributed by atoms with Crippen molar-refractivity contribution in [1.82, 2.24) is 15.3 Å². The second-order valence-corrected chi connectivity index (χ2v) is 9.12. The SMILES string of the molecule is Cc1cc2[nH]cnc2cc1-c1ccc(CNC2CCC(C)(C)CC2)c(Cl)c1. The summed E-state index contributed by atoms with van der Waals surface area (Å²) in [4.78, 5) is 7.55.